The van der Waals surface area contributed by atoms with E-state index in [0.717, 1.165) is 32.1 Å². The van der Waals surface area contributed by atoms with E-state index in [1.807, 2.05) is 0 Å². The zero-order valence-electron chi connectivity index (χ0n) is 9.75. The van der Waals surface area contributed by atoms with Crippen LogP contribution in [-0.2, 0) is 4.79 Å². The minimum absolute atomic E-state index is 0.109. The highest BCUT2D eigenvalue weighted by Crippen LogP contribution is 2.36. The van der Waals surface area contributed by atoms with E-state index >= 15 is 0 Å². The highest BCUT2D eigenvalue weighted by molar-refractivity contribution is 5.80. The molecule has 0 radical (unpaired) electrons. The van der Waals surface area contributed by atoms with Crippen LogP contribution in [0.2, 0.25) is 0 Å². The summed E-state index contributed by atoms with van der Waals surface area (Å²) in [6.07, 6.45) is 5.44. The highest BCUT2D eigenvalue weighted by atomic mass is 16.2. The maximum Gasteiger partial charge on any atom is 0.223 e. The molecule has 0 aromatic heterocycles. The third-order valence-electron chi connectivity index (χ3n) is 4.12. The van der Waals surface area contributed by atoms with Gasteiger partial charge in [0.2, 0.25) is 5.91 Å². The van der Waals surface area contributed by atoms with Crippen molar-refractivity contribution in [3.8, 4) is 0 Å². The van der Waals surface area contributed by atoms with Crippen LogP contribution in [0.1, 0.15) is 46.0 Å². The molecule has 0 bridgehead atoms. The predicted octanol–water partition coefficient (Wildman–Crippen LogP) is 1.42. The highest BCUT2D eigenvalue weighted by Gasteiger charge is 2.41. The monoisotopic (exact) mass is 210 g/mol. The SMILES string of the molecule is CC1C(N)CCCC1C(=O)NC1(C)CC1. The van der Waals surface area contributed by atoms with Gasteiger partial charge in [0, 0.05) is 17.5 Å². The molecule has 3 N–H and O–H groups in total. The molecule has 3 unspecified atom stereocenters. The lowest BCUT2D eigenvalue weighted by molar-refractivity contribution is -0.128. The second-order valence-corrected chi connectivity index (χ2v) is 5.61. The molecule has 2 fully saturated rings. The lowest BCUT2D eigenvalue weighted by Crippen LogP contribution is -2.47. The number of carbonyl (C=O) groups excluding carboxylic acids is 1. The summed E-state index contributed by atoms with van der Waals surface area (Å²) >= 11 is 0. The summed E-state index contributed by atoms with van der Waals surface area (Å²) in [5.74, 6) is 0.713. The Kier molecular flexibility index (Phi) is 2.75. The summed E-state index contributed by atoms with van der Waals surface area (Å²) in [5.41, 5.74) is 6.12. The fourth-order valence-electron chi connectivity index (χ4n) is 2.47. The molecule has 0 spiro atoms. The van der Waals surface area contributed by atoms with E-state index in [1.165, 1.54) is 0 Å². The van der Waals surface area contributed by atoms with Gasteiger partial charge in [-0.3, -0.25) is 4.79 Å². The van der Waals surface area contributed by atoms with Crippen molar-refractivity contribution in [1.29, 1.82) is 0 Å². The van der Waals surface area contributed by atoms with Gasteiger partial charge in [0.1, 0.15) is 0 Å². The largest absolute Gasteiger partial charge is 0.351 e. The minimum Gasteiger partial charge on any atom is -0.351 e. The fraction of sp³-hybridized carbons (Fsp3) is 0.917. The van der Waals surface area contributed by atoms with Crippen LogP contribution >= 0.6 is 0 Å². The van der Waals surface area contributed by atoms with E-state index in [2.05, 4.69) is 19.2 Å². The maximum absolute atomic E-state index is 12.0. The Hall–Kier alpha value is -0.570. The van der Waals surface area contributed by atoms with Gasteiger partial charge >= 0.3 is 0 Å². The minimum atomic E-state index is 0.109. The van der Waals surface area contributed by atoms with Gasteiger partial charge < -0.3 is 11.1 Å². The van der Waals surface area contributed by atoms with E-state index in [4.69, 9.17) is 5.73 Å². The van der Waals surface area contributed by atoms with Crippen LogP contribution < -0.4 is 11.1 Å². The number of hydrogen-bond acceptors (Lipinski definition) is 2. The van der Waals surface area contributed by atoms with Crippen molar-refractivity contribution in [3.05, 3.63) is 0 Å². The van der Waals surface area contributed by atoms with Gasteiger partial charge in [-0.1, -0.05) is 13.3 Å². The molecule has 0 heterocycles. The molecule has 0 aromatic rings. The Morgan fingerprint density at radius 1 is 1.40 bits per heavy atom. The molecule has 2 saturated carbocycles. The lowest BCUT2D eigenvalue weighted by atomic mass is 9.77. The first-order valence-electron chi connectivity index (χ1n) is 6.09. The molecule has 0 aromatic carbocycles. The van der Waals surface area contributed by atoms with Crippen LogP contribution in [0, 0.1) is 11.8 Å². The van der Waals surface area contributed by atoms with E-state index in [9.17, 15) is 4.79 Å². The topological polar surface area (TPSA) is 55.1 Å². The number of hydrogen-bond donors (Lipinski definition) is 2. The van der Waals surface area contributed by atoms with Crippen LogP contribution in [0.3, 0.4) is 0 Å². The van der Waals surface area contributed by atoms with Gasteiger partial charge in [0.05, 0.1) is 0 Å². The number of nitrogens with two attached hydrogens (primary N) is 1. The van der Waals surface area contributed by atoms with Crippen LogP contribution in [0.4, 0.5) is 0 Å². The summed E-state index contributed by atoms with van der Waals surface area (Å²) in [4.78, 5) is 12.0. The molecule has 2 aliphatic carbocycles. The van der Waals surface area contributed by atoms with E-state index in [0.29, 0.717) is 5.92 Å². The van der Waals surface area contributed by atoms with Crippen molar-refractivity contribution in [2.24, 2.45) is 17.6 Å². The number of amides is 1. The Morgan fingerprint density at radius 3 is 2.67 bits per heavy atom. The van der Waals surface area contributed by atoms with Crippen LogP contribution in [0.15, 0.2) is 0 Å². The fourth-order valence-corrected chi connectivity index (χ4v) is 2.47. The van der Waals surface area contributed by atoms with Crippen molar-refractivity contribution in [1.82, 2.24) is 5.32 Å². The maximum atomic E-state index is 12.0. The standard InChI is InChI=1S/C12H22N2O/c1-8-9(4-3-5-10(8)13)11(15)14-12(2)6-7-12/h8-10H,3-7,13H2,1-2H3,(H,14,15). The Bertz CT molecular complexity index is 260. The van der Waals surface area contributed by atoms with Gasteiger partial charge in [0.25, 0.3) is 0 Å². The normalized spacial score (nSPS) is 38.5. The average Bonchev–Trinajstić information content (AvgIpc) is 2.88. The average molecular weight is 210 g/mol. The Morgan fingerprint density at radius 2 is 2.07 bits per heavy atom. The van der Waals surface area contributed by atoms with Crippen LogP contribution in [0.5, 0.6) is 0 Å². The molecule has 3 nitrogen and oxygen atoms in total. The van der Waals surface area contributed by atoms with Crippen molar-refractivity contribution in [2.75, 3.05) is 0 Å². The molecule has 15 heavy (non-hydrogen) atoms. The third-order valence-corrected chi connectivity index (χ3v) is 4.12. The van der Waals surface area contributed by atoms with Gasteiger partial charge in [-0.2, -0.15) is 0 Å². The van der Waals surface area contributed by atoms with Crippen molar-refractivity contribution < 1.29 is 4.79 Å². The third kappa shape index (κ3) is 2.33. The van der Waals surface area contributed by atoms with Crippen LogP contribution in [0.25, 0.3) is 0 Å². The molecule has 3 atom stereocenters. The first-order valence-corrected chi connectivity index (χ1v) is 6.09. The van der Waals surface area contributed by atoms with Crippen LogP contribution in [-0.4, -0.2) is 17.5 Å². The smallest absolute Gasteiger partial charge is 0.223 e. The van der Waals surface area contributed by atoms with E-state index in [1.54, 1.807) is 0 Å². The zero-order valence-corrected chi connectivity index (χ0v) is 9.75. The molecular formula is C12H22N2O. The van der Waals surface area contributed by atoms with Crippen molar-refractivity contribution in [2.45, 2.75) is 57.5 Å². The zero-order chi connectivity index (χ0) is 11.1. The van der Waals surface area contributed by atoms with E-state index < -0.39 is 0 Å². The molecule has 0 saturated heterocycles. The first kappa shape index (κ1) is 10.9. The summed E-state index contributed by atoms with van der Waals surface area (Å²) in [5, 5.41) is 3.16. The molecule has 0 aliphatic heterocycles. The summed E-state index contributed by atoms with van der Waals surface area (Å²) in [7, 11) is 0. The number of nitrogens with one attached hydrogen (secondary N) is 1. The molecule has 2 rings (SSSR count). The Balaban J connectivity index is 1.93. The van der Waals surface area contributed by atoms with Gasteiger partial charge in [-0.25, -0.2) is 0 Å². The predicted molar refractivity (Wildman–Crippen MR) is 60.3 cm³/mol. The molecular weight excluding hydrogens is 188 g/mol. The summed E-state index contributed by atoms with van der Waals surface area (Å²) in [6.45, 7) is 4.24. The second kappa shape index (κ2) is 3.78. The van der Waals surface area contributed by atoms with E-state index in [-0.39, 0.29) is 23.4 Å². The molecule has 2 aliphatic rings. The summed E-state index contributed by atoms with van der Waals surface area (Å²) in [6, 6.07) is 0.210. The molecule has 3 heteroatoms. The van der Waals surface area contributed by atoms with Gasteiger partial charge in [-0.05, 0) is 38.5 Å². The van der Waals surface area contributed by atoms with Crippen molar-refractivity contribution in [3.63, 3.8) is 0 Å². The molecule has 1 amide bonds. The van der Waals surface area contributed by atoms with Gasteiger partial charge in [-0.15, -0.1) is 0 Å². The number of carbonyl (C=O) groups is 1. The van der Waals surface area contributed by atoms with Crippen molar-refractivity contribution >= 4 is 5.91 Å². The Labute approximate surface area is 91.8 Å². The first-order chi connectivity index (χ1) is 7.02. The number of rotatable bonds is 2. The quantitative estimate of drug-likeness (QED) is 0.724. The molecule has 86 valence electrons. The van der Waals surface area contributed by atoms with Gasteiger partial charge in [0.15, 0.2) is 0 Å². The second-order valence-electron chi connectivity index (χ2n) is 5.61. The summed E-state index contributed by atoms with van der Waals surface area (Å²) < 4.78 is 0. The lowest BCUT2D eigenvalue weighted by Gasteiger charge is -2.33.